The number of carbonyl (C=O) groups is 1. The van der Waals surface area contributed by atoms with E-state index in [2.05, 4.69) is 45.4 Å². The fourth-order valence-electron chi connectivity index (χ4n) is 5.07. The molecule has 198 valence electrons. The molecule has 6 rings (SSSR count). The standard InChI is InChI=1S/C29H29N7OS2/c1-17-14-36(15-18(2)32-17)16-20-11-24-29(31-12-20)39-28(35-24)22-8-4-5-9-23(22)34-26(37)25-19(3)33-27(38-25)21-7-6-10-30-13-21/h4-13,17-18,32H,14-16H2,1-3H3,(H,34,37)/t17-,18+. The number of nitrogens with one attached hydrogen (secondary N) is 2. The summed E-state index contributed by atoms with van der Waals surface area (Å²) in [6.07, 6.45) is 5.44. The van der Waals surface area contributed by atoms with E-state index >= 15 is 0 Å². The summed E-state index contributed by atoms with van der Waals surface area (Å²) in [6.45, 7) is 9.19. The third kappa shape index (κ3) is 5.60. The van der Waals surface area contributed by atoms with Crippen LogP contribution in [0.15, 0.2) is 61.1 Å². The van der Waals surface area contributed by atoms with Crippen LogP contribution in [-0.2, 0) is 6.54 Å². The molecule has 1 aromatic carbocycles. The Labute approximate surface area is 235 Å². The second-order valence-corrected chi connectivity index (χ2v) is 12.0. The predicted molar refractivity (Wildman–Crippen MR) is 158 cm³/mol. The van der Waals surface area contributed by atoms with E-state index in [0.29, 0.717) is 28.3 Å². The Morgan fingerprint density at radius 3 is 2.67 bits per heavy atom. The van der Waals surface area contributed by atoms with Gasteiger partial charge in [-0.1, -0.05) is 23.5 Å². The van der Waals surface area contributed by atoms with E-state index in [1.54, 1.807) is 12.4 Å². The normalized spacial score (nSPS) is 17.9. The Bertz CT molecular complexity index is 1620. The highest BCUT2D eigenvalue weighted by Crippen LogP contribution is 2.35. The van der Waals surface area contributed by atoms with Gasteiger partial charge in [-0.3, -0.25) is 14.7 Å². The van der Waals surface area contributed by atoms with Crippen LogP contribution in [0.5, 0.6) is 0 Å². The van der Waals surface area contributed by atoms with Crippen molar-refractivity contribution in [2.75, 3.05) is 18.4 Å². The van der Waals surface area contributed by atoms with E-state index in [1.165, 1.54) is 22.7 Å². The minimum Gasteiger partial charge on any atom is -0.321 e. The van der Waals surface area contributed by atoms with Crippen molar-refractivity contribution in [3.63, 3.8) is 0 Å². The molecule has 2 atom stereocenters. The number of anilines is 1. The van der Waals surface area contributed by atoms with Crippen molar-refractivity contribution in [3.05, 3.63) is 77.2 Å². The van der Waals surface area contributed by atoms with Crippen molar-refractivity contribution < 1.29 is 4.79 Å². The van der Waals surface area contributed by atoms with E-state index < -0.39 is 0 Å². The molecule has 5 heterocycles. The fraction of sp³-hybridized carbons (Fsp3) is 0.276. The predicted octanol–water partition coefficient (Wildman–Crippen LogP) is 5.62. The van der Waals surface area contributed by atoms with Gasteiger partial charge in [0.1, 0.15) is 25.2 Å². The highest BCUT2D eigenvalue weighted by molar-refractivity contribution is 7.21. The summed E-state index contributed by atoms with van der Waals surface area (Å²) in [5.41, 5.74) is 5.21. The van der Waals surface area contributed by atoms with Gasteiger partial charge in [-0.2, -0.15) is 0 Å². The molecule has 5 aromatic rings. The van der Waals surface area contributed by atoms with Crippen LogP contribution < -0.4 is 10.6 Å². The minimum atomic E-state index is -0.186. The summed E-state index contributed by atoms with van der Waals surface area (Å²) in [5.74, 6) is -0.186. The minimum absolute atomic E-state index is 0.186. The Hall–Kier alpha value is -3.57. The molecule has 2 N–H and O–H groups in total. The van der Waals surface area contributed by atoms with Gasteiger partial charge >= 0.3 is 0 Å². The summed E-state index contributed by atoms with van der Waals surface area (Å²) in [6, 6.07) is 14.7. The number of carbonyl (C=O) groups excluding carboxylic acids is 1. The van der Waals surface area contributed by atoms with Crippen molar-refractivity contribution in [2.45, 2.75) is 39.4 Å². The Balaban J connectivity index is 1.23. The van der Waals surface area contributed by atoms with Gasteiger partial charge in [-0.15, -0.1) is 11.3 Å². The molecule has 1 saturated heterocycles. The van der Waals surface area contributed by atoms with Crippen LogP contribution >= 0.6 is 22.7 Å². The number of aromatic nitrogens is 4. The van der Waals surface area contributed by atoms with Crippen LogP contribution in [0.2, 0.25) is 0 Å². The smallest absolute Gasteiger partial charge is 0.267 e. The maximum absolute atomic E-state index is 13.3. The first-order valence-corrected chi connectivity index (χ1v) is 14.6. The second kappa shape index (κ2) is 10.9. The lowest BCUT2D eigenvalue weighted by atomic mass is 10.1. The van der Waals surface area contributed by atoms with E-state index in [0.717, 1.165) is 56.7 Å². The summed E-state index contributed by atoms with van der Waals surface area (Å²) in [5, 5.41) is 8.28. The van der Waals surface area contributed by atoms with Crippen LogP contribution in [0.25, 0.3) is 31.5 Å². The molecular weight excluding hydrogens is 527 g/mol. The summed E-state index contributed by atoms with van der Waals surface area (Å²) < 4.78 is 0. The zero-order chi connectivity index (χ0) is 26.9. The van der Waals surface area contributed by atoms with Crippen molar-refractivity contribution >= 4 is 44.6 Å². The summed E-state index contributed by atoms with van der Waals surface area (Å²) in [7, 11) is 0. The first-order chi connectivity index (χ1) is 18.9. The molecule has 1 aliphatic rings. The number of amides is 1. The van der Waals surface area contributed by atoms with Crippen molar-refractivity contribution in [2.24, 2.45) is 0 Å². The lowest BCUT2D eigenvalue weighted by molar-refractivity contribution is 0.103. The number of rotatable bonds is 6. The van der Waals surface area contributed by atoms with Gasteiger partial charge in [-0.25, -0.2) is 15.0 Å². The number of hydrogen-bond acceptors (Lipinski definition) is 9. The molecule has 1 aliphatic heterocycles. The number of fused-ring (bicyclic) bond motifs is 1. The number of pyridine rings is 2. The van der Waals surface area contributed by atoms with Gasteiger partial charge in [0.2, 0.25) is 0 Å². The zero-order valence-corrected chi connectivity index (χ0v) is 23.6. The number of piperazine rings is 1. The first kappa shape index (κ1) is 25.7. The van der Waals surface area contributed by atoms with Crippen molar-refractivity contribution in [1.82, 2.24) is 30.2 Å². The molecule has 1 amide bonds. The summed E-state index contributed by atoms with van der Waals surface area (Å²) in [4.78, 5) is 35.7. The lowest BCUT2D eigenvalue weighted by Crippen LogP contribution is -2.53. The molecular formula is C29H29N7OS2. The molecule has 1 fully saturated rings. The molecule has 0 spiro atoms. The maximum atomic E-state index is 13.3. The van der Waals surface area contributed by atoms with E-state index in [-0.39, 0.29) is 5.91 Å². The Morgan fingerprint density at radius 1 is 1.05 bits per heavy atom. The number of hydrogen-bond donors (Lipinski definition) is 2. The van der Waals surface area contributed by atoms with Crippen LogP contribution in [0.4, 0.5) is 5.69 Å². The average Bonchev–Trinajstić information content (AvgIpc) is 3.52. The average molecular weight is 556 g/mol. The van der Waals surface area contributed by atoms with Gasteiger partial charge in [0.05, 0.1) is 11.4 Å². The number of nitrogens with zero attached hydrogens (tertiary/aromatic N) is 5. The molecule has 10 heteroatoms. The number of benzene rings is 1. The van der Waals surface area contributed by atoms with Gasteiger partial charge < -0.3 is 10.6 Å². The topological polar surface area (TPSA) is 95.9 Å². The molecule has 8 nitrogen and oxygen atoms in total. The molecule has 0 aliphatic carbocycles. The second-order valence-electron chi connectivity index (χ2n) is 10.0. The van der Waals surface area contributed by atoms with Gasteiger partial charge in [0.25, 0.3) is 5.91 Å². The van der Waals surface area contributed by atoms with E-state index in [9.17, 15) is 4.79 Å². The SMILES string of the molecule is Cc1nc(-c2cccnc2)sc1C(=O)Nc1ccccc1-c1nc2cc(CN3C[C@@H](C)N[C@@H](C)C3)cnc2s1. The van der Waals surface area contributed by atoms with Crippen molar-refractivity contribution in [3.8, 4) is 21.1 Å². The van der Waals surface area contributed by atoms with Crippen molar-refractivity contribution in [1.29, 1.82) is 0 Å². The van der Waals surface area contributed by atoms with Gasteiger partial charge in [0, 0.05) is 61.4 Å². The van der Waals surface area contributed by atoms with E-state index in [1.807, 2.05) is 49.5 Å². The number of para-hydroxylation sites is 1. The van der Waals surface area contributed by atoms with Gasteiger partial charge in [-0.05, 0) is 56.7 Å². The molecule has 0 bridgehead atoms. The third-order valence-corrected chi connectivity index (χ3v) is 8.88. The molecule has 0 unspecified atom stereocenters. The largest absolute Gasteiger partial charge is 0.321 e. The maximum Gasteiger partial charge on any atom is 0.267 e. The number of aryl methyl sites for hydroxylation is 1. The van der Waals surface area contributed by atoms with Crippen LogP contribution in [0.1, 0.15) is 34.8 Å². The quantitative estimate of drug-likeness (QED) is 0.281. The van der Waals surface area contributed by atoms with Crippen LogP contribution in [-0.4, -0.2) is 55.9 Å². The Kier molecular flexibility index (Phi) is 7.18. The molecule has 39 heavy (non-hydrogen) atoms. The number of thiazole rings is 2. The van der Waals surface area contributed by atoms with Gasteiger partial charge in [0.15, 0.2) is 0 Å². The fourth-order valence-corrected chi connectivity index (χ4v) is 6.95. The highest BCUT2D eigenvalue weighted by atomic mass is 32.1. The summed E-state index contributed by atoms with van der Waals surface area (Å²) >= 11 is 2.90. The molecule has 0 radical (unpaired) electrons. The lowest BCUT2D eigenvalue weighted by Gasteiger charge is -2.36. The van der Waals surface area contributed by atoms with Crippen LogP contribution in [0.3, 0.4) is 0 Å². The van der Waals surface area contributed by atoms with Crippen LogP contribution in [0, 0.1) is 6.92 Å². The first-order valence-electron chi connectivity index (χ1n) is 13.0. The third-order valence-electron chi connectivity index (χ3n) is 6.66. The molecule has 4 aromatic heterocycles. The Morgan fingerprint density at radius 2 is 1.87 bits per heavy atom. The van der Waals surface area contributed by atoms with E-state index in [4.69, 9.17) is 9.97 Å². The molecule has 0 saturated carbocycles. The monoisotopic (exact) mass is 555 g/mol. The highest BCUT2D eigenvalue weighted by Gasteiger charge is 2.22. The zero-order valence-electron chi connectivity index (χ0n) is 22.0.